The topological polar surface area (TPSA) is 58.7 Å². The largest absolute Gasteiger partial charge is 0.416 e. The number of hydrogen-bond donors (Lipinski definition) is 1. The van der Waals surface area contributed by atoms with Crippen LogP contribution in [0.5, 0.6) is 0 Å². The second-order valence-electron chi connectivity index (χ2n) is 3.73. The Bertz CT molecular complexity index is 687. The van der Waals surface area contributed by atoms with Crippen molar-refractivity contribution in [3.05, 3.63) is 39.6 Å². The molecule has 100 valence electrons. The SMILES string of the molecule is CC(=O)c1nn(-c2cccc(C(F)(F)F)c2)c(=N)s1. The first-order chi connectivity index (χ1) is 8.79. The first-order valence-corrected chi connectivity index (χ1v) is 5.94. The number of alkyl halides is 3. The van der Waals surface area contributed by atoms with Crippen LogP contribution in [0.15, 0.2) is 24.3 Å². The lowest BCUT2D eigenvalue weighted by Gasteiger charge is -2.08. The van der Waals surface area contributed by atoms with E-state index in [0.717, 1.165) is 28.2 Å². The number of Topliss-reactive ketones (excluding diaryl/α,β-unsaturated/α-hetero) is 1. The first-order valence-electron chi connectivity index (χ1n) is 5.12. The van der Waals surface area contributed by atoms with Gasteiger partial charge >= 0.3 is 6.18 Å². The Labute approximate surface area is 109 Å². The van der Waals surface area contributed by atoms with Crippen molar-refractivity contribution in [2.45, 2.75) is 13.1 Å². The third-order valence-electron chi connectivity index (χ3n) is 2.30. The normalized spacial score (nSPS) is 11.6. The van der Waals surface area contributed by atoms with Gasteiger partial charge in [0.15, 0.2) is 10.8 Å². The number of aromatic nitrogens is 2. The van der Waals surface area contributed by atoms with Crippen LogP contribution < -0.4 is 4.80 Å². The van der Waals surface area contributed by atoms with Crippen molar-refractivity contribution in [2.24, 2.45) is 0 Å². The Hall–Kier alpha value is -1.96. The van der Waals surface area contributed by atoms with Gasteiger partial charge in [-0.2, -0.15) is 18.3 Å². The van der Waals surface area contributed by atoms with Gasteiger partial charge < -0.3 is 0 Å². The van der Waals surface area contributed by atoms with E-state index < -0.39 is 11.7 Å². The molecule has 4 nitrogen and oxygen atoms in total. The highest BCUT2D eigenvalue weighted by atomic mass is 32.1. The average molecular weight is 287 g/mol. The molecule has 8 heteroatoms. The first kappa shape index (κ1) is 13.5. The molecule has 0 bridgehead atoms. The van der Waals surface area contributed by atoms with Crippen LogP contribution in [-0.4, -0.2) is 15.6 Å². The Kier molecular flexibility index (Phi) is 3.27. The number of rotatable bonds is 2. The van der Waals surface area contributed by atoms with E-state index in [4.69, 9.17) is 5.41 Å². The lowest BCUT2D eigenvalue weighted by molar-refractivity contribution is -0.137. The fourth-order valence-corrected chi connectivity index (χ4v) is 2.10. The molecule has 19 heavy (non-hydrogen) atoms. The van der Waals surface area contributed by atoms with Crippen molar-refractivity contribution >= 4 is 17.1 Å². The van der Waals surface area contributed by atoms with Crippen LogP contribution >= 0.6 is 11.3 Å². The van der Waals surface area contributed by atoms with E-state index in [-0.39, 0.29) is 21.3 Å². The standard InChI is InChI=1S/C11H8F3N3OS/c1-6(18)9-16-17(10(15)19-9)8-4-2-3-7(5-8)11(12,13)14/h2-5,15H,1H3. The number of carbonyl (C=O) groups is 1. The Morgan fingerprint density at radius 1 is 1.42 bits per heavy atom. The van der Waals surface area contributed by atoms with E-state index in [1.54, 1.807) is 0 Å². The molecular formula is C11H8F3N3OS. The number of nitrogens with zero attached hydrogens (tertiary/aromatic N) is 2. The van der Waals surface area contributed by atoms with Gasteiger partial charge in [-0.3, -0.25) is 10.2 Å². The summed E-state index contributed by atoms with van der Waals surface area (Å²) in [6.45, 7) is 1.29. The van der Waals surface area contributed by atoms with E-state index in [2.05, 4.69) is 5.10 Å². The minimum absolute atomic E-state index is 0.0856. The van der Waals surface area contributed by atoms with Gasteiger partial charge in [0.25, 0.3) is 0 Å². The number of benzene rings is 1. The lowest BCUT2D eigenvalue weighted by atomic mass is 10.2. The van der Waals surface area contributed by atoms with Gasteiger partial charge in [-0.15, -0.1) is 0 Å². The van der Waals surface area contributed by atoms with Gasteiger partial charge in [0.2, 0.25) is 4.80 Å². The van der Waals surface area contributed by atoms with E-state index in [1.807, 2.05) is 0 Å². The van der Waals surface area contributed by atoms with Crippen molar-refractivity contribution in [3.8, 4) is 5.69 Å². The molecule has 0 radical (unpaired) electrons. The quantitative estimate of drug-likeness (QED) is 0.863. The highest BCUT2D eigenvalue weighted by Crippen LogP contribution is 2.30. The van der Waals surface area contributed by atoms with E-state index in [1.165, 1.54) is 19.1 Å². The smallest absolute Gasteiger partial charge is 0.292 e. The molecule has 0 aliphatic heterocycles. The predicted octanol–water partition coefficient (Wildman–Crippen LogP) is 2.63. The van der Waals surface area contributed by atoms with Crippen molar-refractivity contribution in [1.82, 2.24) is 9.78 Å². The molecule has 2 aromatic rings. The van der Waals surface area contributed by atoms with Gasteiger partial charge in [0.05, 0.1) is 11.3 Å². The zero-order chi connectivity index (χ0) is 14.2. The molecule has 0 saturated heterocycles. The minimum Gasteiger partial charge on any atom is -0.292 e. The zero-order valence-corrected chi connectivity index (χ0v) is 10.5. The summed E-state index contributed by atoms with van der Waals surface area (Å²) in [6.07, 6.45) is -4.46. The van der Waals surface area contributed by atoms with Crippen LogP contribution in [0.25, 0.3) is 5.69 Å². The molecule has 2 rings (SSSR count). The van der Waals surface area contributed by atoms with Crippen LogP contribution in [0.4, 0.5) is 13.2 Å². The molecule has 0 atom stereocenters. The lowest BCUT2D eigenvalue weighted by Crippen LogP contribution is -2.14. The molecule has 1 heterocycles. The number of nitrogens with one attached hydrogen (secondary N) is 1. The monoisotopic (exact) mass is 287 g/mol. The van der Waals surface area contributed by atoms with Crippen LogP contribution in [0.3, 0.4) is 0 Å². The summed E-state index contributed by atoms with van der Waals surface area (Å²) in [5, 5.41) is 11.6. The number of ketones is 1. The third kappa shape index (κ3) is 2.73. The molecule has 0 fully saturated rings. The zero-order valence-electron chi connectivity index (χ0n) is 9.65. The molecule has 0 spiro atoms. The molecule has 0 saturated carbocycles. The fourth-order valence-electron chi connectivity index (χ4n) is 1.42. The summed E-state index contributed by atoms with van der Waals surface area (Å²) in [5.41, 5.74) is -0.724. The second-order valence-corrected chi connectivity index (χ2v) is 4.71. The third-order valence-corrected chi connectivity index (χ3v) is 3.22. The van der Waals surface area contributed by atoms with Gasteiger partial charge in [-0.05, 0) is 18.2 Å². The van der Waals surface area contributed by atoms with Crippen molar-refractivity contribution in [1.29, 1.82) is 5.41 Å². The fraction of sp³-hybridized carbons (Fsp3) is 0.182. The summed E-state index contributed by atoms with van der Waals surface area (Å²) in [4.78, 5) is 11.0. The molecule has 1 aromatic heterocycles. The average Bonchev–Trinajstić information content (AvgIpc) is 2.71. The maximum Gasteiger partial charge on any atom is 0.416 e. The summed E-state index contributed by atoms with van der Waals surface area (Å²) in [6, 6.07) is 4.46. The van der Waals surface area contributed by atoms with Crippen LogP contribution in [0.1, 0.15) is 22.3 Å². The predicted molar refractivity (Wildman–Crippen MR) is 62.3 cm³/mol. The molecule has 0 aliphatic carbocycles. The summed E-state index contributed by atoms with van der Waals surface area (Å²) >= 11 is 0.818. The minimum atomic E-state index is -4.46. The van der Waals surface area contributed by atoms with Gasteiger partial charge in [-0.1, -0.05) is 17.4 Å². The number of hydrogen-bond acceptors (Lipinski definition) is 4. The van der Waals surface area contributed by atoms with Crippen molar-refractivity contribution < 1.29 is 18.0 Å². The Balaban J connectivity index is 2.54. The summed E-state index contributed by atoms with van der Waals surface area (Å²) in [5.74, 6) is -0.329. The van der Waals surface area contributed by atoms with E-state index in [0.29, 0.717) is 0 Å². The molecule has 0 amide bonds. The van der Waals surface area contributed by atoms with E-state index >= 15 is 0 Å². The van der Waals surface area contributed by atoms with Crippen LogP contribution in [-0.2, 0) is 6.18 Å². The van der Waals surface area contributed by atoms with E-state index in [9.17, 15) is 18.0 Å². The maximum atomic E-state index is 12.6. The highest BCUT2D eigenvalue weighted by molar-refractivity contribution is 7.10. The maximum absolute atomic E-state index is 12.6. The highest BCUT2D eigenvalue weighted by Gasteiger charge is 2.30. The van der Waals surface area contributed by atoms with Crippen LogP contribution in [0, 0.1) is 5.41 Å². The molecule has 0 unspecified atom stereocenters. The second kappa shape index (κ2) is 4.61. The number of carbonyl (C=O) groups excluding carboxylic acids is 1. The number of halogens is 3. The van der Waals surface area contributed by atoms with Gasteiger partial charge in [0.1, 0.15) is 0 Å². The summed E-state index contributed by atoms with van der Waals surface area (Å²) in [7, 11) is 0. The van der Waals surface area contributed by atoms with Gasteiger partial charge in [0, 0.05) is 6.92 Å². The van der Waals surface area contributed by atoms with Crippen molar-refractivity contribution in [3.63, 3.8) is 0 Å². The molecule has 1 N–H and O–H groups in total. The van der Waals surface area contributed by atoms with Crippen molar-refractivity contribution in [2.75, 3.05) is 0 Å². The Morgan fingerprint density at radius 2 is 2.11 bits per heavy atom. The Morgan fingerprint density at radius 3 is 2.63 bits per heavy atom. The molecule has 1 aromatic carbocycles. The molecular weight excluding hydrogens is 279 g/mol. The summed E-state index contributed by atoms with van der Waals surface area (Å²) < 4.78 is 38.8. The molecule has 0 aliphatic rings. The van der Waals surface area contributed by atoms with Gasteiger partial charge in [-0.25, -0.2) is 4.68 Å². The van der Waals surface area contributed by atoms with Crippen LogP contribution in [0.2, 0.25) is 0 Å².